The van der Waals surface area contributed by atoms with Gasteiger partial charge in [-0.05, 0) is 150 Å². The molecule has 112 heavy (non-hydrogen) atoms. The van der Waals surface area contributed by atoms with Gasteiger partial charge in [0.25, 0.3) is 0 Å². The van der Waals surface area contributed by atoms with Crippen LogP contribution in [0.15, 0.2) is 59.8 Å². The zero-order valence-electron chi connectivity index (χ0n) is 66.0. The number of esters is 2. The van der Waals surface area contributed by atoms with Crippen LogP contribution in [0.5, 0.6) is 23.0 Å². The summed E-state index contributed by atoms with van der Waals surface area (Å²) in [5.41, 5.74) is -0.583. The van der Waals surface area contributed by atoms with Crippen molar-refractivity contribution in [3.63, 3.8) is 0 Å². The zero-order valence-corrected chi connectivity index (χ0v) is 69.2. The maximum absolute atomic E-state index is 14.8. The number of carboxylic acids is 2. The summed E-state index contributed by atoms with van der Waals surface area (Å²) in [6.07, 6.45) is 6.85. The van der Waals surface area contributed by atoms with E-state index in [1.807, 2.05) is 93.0 Å². The second-order valence-electron chi connectivity index (χ2n) is 35.1. The lowest BCUT2D eigenvalue weighted by atomic mass is 9.77. The summed E-state index contributed by atoms with van der Waals surface area (Å²) in [6, 6.07) is 9.07. The van der Waals surface area contributed by atoms with Gasteiger partial charge in [-0.15, -0.1) is 29.3 Å². The van der Waals surface area contributed by atoms with Gasteiger partial charge in [0.15, 0.2) is 21.8 Å². The standard InChI is InChI=1S/C42H53ClN4O8S.C42H51ClN4O8S/c2*1-8-24-17-42(24,39(51)52)18-32(48)31-14-26(19-47(31)38(50)28(41(4,5)6)15-35(49)55-25-12-22-11-23(22)13-25)54-34-16-29(30-20-56-40(46-30)44-21(2)3)45-37-27(34)9-10-33(53-7)36(37)43/h9-10,16,20-26,28,31H,8,11-15,17-19H2,1-7H3,(H,44,46)(H,51,52);8-10,16,20-26,28,31H,1,11-15,17-19H2,2-7H3,(H,44,46)(H,51,52)/t2*22-,23+,24-,25?,26-,28-,31+,42-/m11/s1. The third-order valence-electron chi connectivity index (χ3n) is 24.3. The van der Waals surface area contributed by atoms with Crippen molar-refractivity contribution in [1.82, 2.24) is 29.7 Å². The van der Waals surface area contributed by atoms with Crippen LogP contribution in [-0.4, -0.2) is 163 Å². The fraction of sp³-hybridized carbons (Fsp3) is 0.595. The van der Waals surface area contributed by atoms with Crippen molar-refractivity contribution in [2.75, 3.05) is 37.9 Å². The van der Waals surface area contributed by atoms with Gasteiger partial charge in [-0.2, -0.15) is 0 Å². The van der Waals surface area contributed by atoms with Crippen LogP contribution in [0, 0.1) is 69.0 Å². The van der Waals surface area contributed by atoms with Crippen molar-refractivity contribution >= 4 is 125 Å². The molecule has 8 fully saturated rings. The minimum atomic E-state index is -1.26. The molecule has 6 aliphatic carbocycles. The van der Waals surface area contributed by atoms with E-state index in [2.05, 4.69) is 17.2 Å². The molecule has 14 rings (SSSR count). The van der Waals surface area contributed by atoms with E-state index in [1.165, 1.54) is 59.5 Å². The van der Waals surface area contributed by atoms with Crippen molar-refractivity contribution < 1.29 is 77.0 Å². The number of anilines is 2. The first-order chi connectivity index (χ1) is 53.0. The molecule has 2 unspecified atom stereocenters. The molecule has 6 saturated carbocycles. The van der Waals surface area contributed by atoms with Crippen LogP contribution in [-0.2, 0) is 47.8 Å². The number of ketones is 2. The second kappa shape index (κ2) is 32.2. The number of carbonyl (C=O) groups excluding carboxylic acids is 6. The lowest BCUT2D eigenvalue weighted by Gasteiger charge is -2.35. The van der Waals surface area contributed by atoms with E-state index in [9.17, 15) is 48.6 Å². The molecule has 4 aromatic heterocycles. The van der Waals surface area contributed by atoms with Gasteiger partial charge < -0.3 is 59.1 Å². The van der Waals surface area contributed by atoms with Crippen LogP contribution in [0.1, 0.15) is 172 Å². The average Bonchev–Trinajstić information content (AvgIpc) is 1.60. The lowest BCUT2D eigenvalue weighted by molar-refractivity contribution is -0.157. The van der Waals surface area contributed by atoms with Crippen molar-refractivity contribution in [3.05, 3.63) is 69.9 Å². The number of rotatable bonds is 30. The summed E-state index contributed by atoms with van der Waals surface area (Å²) in [4.78, 5) is 132. The van der Waals surface area contributed by atoms with Crippen LogP contribution < -0.4 is 29.6 Å². The number of likely N-dealkylation sites (tertiary alicyclic amines) is 2. The molecule has 24 nitrogen and oxygen atoms in total. The van der Waals surface area contributed by atoms with Crippen molar-refractivity contribution in [2.45, 2.75) is 221 Å². The highest BCUT2D eigenvalue weighted by atomic mass is 35.5. The van der Waals surface area contributed by atoms with Gasteiger partial charge in [0.05, 0.1) is 97.3 Å². The number of Topliss-reactive ketones (excluding diaryl/α,β-unsaturated/α-hetero) is 2. The Bertz CT molecular complexity index is 4650. The summed E-state index contributed by atoms with van der Waals surface area (Å²) < 4.78 is 36.3. The summed E-state index contributed by atoms with van der Waals surface area (Å²) in [6.45, 7) is 25.3. The first-order valence-electron chi connectivity index (χ1n) is 39.3. The number of hydrogen-bond acceptors (Lipinski definition) is 22. The first kappa shape index (κ1) is 81.8. The van der Waals surface area contributed by atoms with Gasteiger partial charge >= 0.3 is 23.9 Å². The Morgan fingerprint density at radius 1 is 0.571 bits per heavy atom. The number of aromatic nitrogens is 4. The maximum Gasteiger partial charge on any atom is 0.310 e. The minimum absolute atomic E-state index is 0.0377. The molecule has 6 aromatic rings. The van der Waals surface area contributed by atoms with Crippen molar-refractivity contribution in [1.29, 1.82) is 0 Å². The highest BCUT2D eigenvalue weighted by Gasteiger charge is 2.63. The van der Waals surface area contributed by atoms with Crippen LogP contribution >= 0.6 is 45.9 Å². The van der Waals surface area contributed by atoms with Crippen LogP contribution in [0.3, 0.4) is 0 Å². The molecule has 602 valence electrons. The number of carboxylic acid groups (broad SMARTS) is 2. The molecule has 0 radical (unpaired) electrons. The van der Waals surface area contributed by atoms with Gasteiger partial charge in [-0.1, -0.05) is 84.2 Å². The molecule has 2 amide bonds. The number of pyridine rings is 2. The van der Waals surface area contributed by atoms with E-state index in [0.717, 1.165) is 35.9 Å². The monoisotopic (exact) mass is 1610 g/mol. The van der Waals surface area contributed by atoms with E-state index >= 15 is 0 Å². The molecular weight excluding hydrogens is 1510 g/mol. The fourth-order valence-electron chi connectivity index (χ4n) is 17.6. The van der Waals surface area contributed by atoms with Gasteiger partial charge in [0, 0.05) is 71.4 Å². The van der Waals surface area contributed by atoms with Crippen LogP contribution in [0.25, 0.3) is 44.6 Å². The van der Waals surface area contributed by atoms with E-state index in [0.29, 0.717) is 121 Å². The number of halogens is 2. The molecule has 4 N–H and O–H groups in total. The number of nitrogens with zero attached hydrogens (tertiary/aromatic N) is 6. The molecule has 2 aromatic carbocycles. The summed E-state index contributed by atoms with van der Waals surface area (Å²) in [7, 11) is 3.05. The number of fused-ring (bicyclic) bond motifs is 4. The van der Waals surface area contributed by atoms with Crippen molar-refractivity contribution in [3.8, 4) is 45.8 Å². The normalized spacial score (nSPS) is 27.2. The number of benzene rings is 2. The number of hydrogen-bond donors (Lipinski definition) is 4. The van der Waals surface area contributed by atoms with Gasteiger partial charge in [-0.3, -0.25) is 38.4 Å². The number of methoxy groups -OCH3 is 2. The molecule has 0 spiro atoms. The third-order valence-corrected chi connectivity index (χ3v) is 26.6. The smallest absolute Gasteiger partial charge is 0.310 e. The van der Waals surface area contributed by atoms with Crippen LogP contribution in [0.4, 0.5) is 10.3 Å². The SMILES string of the molecule is C=C[C@@H]1C[C@]1(CC(=O)[C@@H]1C[C@@H](Oc2cc(-c3csc(NC(C)C)n3)nc3c(Cl)c(OC)ccc23)CN1C(=O)[C@@H](CC(=O)OC1C[C@@H]2C[C@@H]2C1)C(C)(C)C)C(=O)O.CC[C@@H]1C[C@]1(CC(=O)[C@@H]1C[C@@H](Oc2cc(-c3csc(NC(C)C)n3)nc3c(Cl)c(OC)ccc23)CN1C(=O)[C@@H](CC(=O)OC1C[C@@H]2C[C@@H]2C1)C(C)(C)C)C(=O)O. The summed E-state index contributed by atoms with van der Waals surface area (Å²) >= 11 is 16.6. The molecule has 0 bridgehead atoms. The number of amides is 2. The largest absolute Gasteiger partial charge is 0.495 e. The fourth-order valence-corrected chi connectivity index (χ4v) is 19.8. The lowest BCUT2D eigenvalue weighted by Crippen LogP contribution is -2.48. The Morgan fingerprint density at radius 3 is 1.31 bits per heavy atom. The van der Waals surface area contributed by atoms with Crippen molar-refractivity contribution in [2.24, 2.45) is 69.0 Å². The zero-order chi connectivity index (χ0) is 80.5. The van der Waals surface area contributed by atoms with Gasteiger partial charge in [-0.25, -0.2) is 19.9 Å². The highest BCUT2D eigenvalue weighted by Crippen LogP contribution is 2.59. The first-order valence-corrected chi connectivity index (χ1v) is 41.8. The molecular formula is C84H104Cl2N8O16S2. The molecule has 2 saturated heterocycles. The number of thiazole rings is 2. The predicted octanol–water partition coefficient (Wildman–Crippen LogP) is 15.9. The minimum Gasteiger partial charge on any atom is -0.495 e. The van der Waals surface area contributed by atoms with E-state index < -0.39 is 81.7 Å². The molecule has 28 heteroatoms. The summed E-state index contributed by atoms with van der Waals surface area (Å²) in [5.74, 6) is -2.02. The van der Waals surface area contributed by atoms with E-state index in [4.69, 9.17) is 71.6 Å². The third kappa shape index (κ3) is 17.4. The number of aliphatic carboxylic acids is 2. The van der Waals surface area contributed by atoms with E-state index in [-0.39, 0.29) is 111 Å². The Morgan fingerprint density at radius 2 is 0.973 bits per heavy atom. The molecule has 8 aliphatic rings. The molecule has 2 aliphatic heterocycles. The van der Waals surface area contributed by atoms with Gasteiger partial charge in [0.1, 0.15) is 68.8 Å². The number of allylic oxidation sites excluding steroid dienone is 1. The highest BCUT2D eigenvalue weighted by molar-refractivity contribution is 7.14. The van der Waals surface area contributed by atoms with Crippen LogP contribution in [0.2, 0.25) is 10.0 Å². The predicted molar refractivity (Wildman–Crippen MR) is 428 cm³/mol. The number of carbonyl (C=O) groups is 8. The Kier molecular flexibility index (Phi) is 23.5. The quantitative estimate of drug-likeness (QED) is 0.0240. The van der Waals surface area contributed by atoms with E-state index in [1.54, 1.807) is 36.4 Å². The molecule has 16 atom stereocenters. The average molecular weight is 1620 g/mol. The second-order valence-corrected chi connectivity index (χ2v) is 37.6. The maximum atomic E-state index is 14.8. The Labute approximate surface area is 671 Å². The summed E-state index contributed by atoms with van der Waals surface area (Å²) in [5, 5.41) is 34.1. The number of ether oxygens (including phenoxy) is 6. The van der Waals surface area contributed by atoms with Gasteiger partial charge in [0.2, 0.25) is 11.8 Å². The molecule has 6 heterocycles. The number of nitrogens with one attached hydrogen (secondary N) is 2. The Hall–Kier alpha value is -8.20. The topological polar surface area (TPSA) is 314 Å². The Balaban J connectivity index is 0.000000196.